The van der Waals surface area contributed by atoms with Gasteiger partial charge in [0.05, 0.1) is 6.04 Å². The van der Waals surface area contributed by atoms with Crippen LogP contribution in [0.5, 0.6) is 0 Å². The maximum atomic E-state index is 4.79. The quantitative estimate of drug-likeness (QED) is 0.180. The molecule has 4 heteroatoms. The van der Waals surface area contributed by atoms with Gasteiger partial charge in [0.2, 0.25) is 0 Å². The molecule has 0 aliphatic rings. The molecule has 2 atom stereocenters. The predicted molar refractivity (Wildman–Crippen MR) is 130 cm³/mol. The van der Waals surface area contributed by atoms with Gasteiger partial charge in [-0.1, -0.05) is 72.4 Å². The van der Waals surface area contributed by atoms with Crippen LogP contribution in [0.15, 0.2) is 39.4 Å². The summed E-state index contributed by atoms with van der Waals surface area (Å²) in [5, 5.41) is 9.37. The first-order chi connectivity index (χ1) is 13.2. The van der Waals surface area contributed by atoms with Crippen molar-refractivity contribution in [3.8, 4) is 0 Å². The van der Waals surface area contributed by atoms with E-state index in [-0.39, 0.29) is 10.3 Å². The Hall–Kier alpha value is -0.480. The zero-order valence-electron chi connectivity index (χ0n) is 19.3. The summed E-state index contributed by atoms with van der Waals surface area (Å²) in [4.78, 5) is 1.29. The molecule has 160 valence electrons. The van der Waals surface area contributed by atoms with Gasteiger partial charge in [0, 0.05) is 16.4 Å². The Morgan fingerprint density at radius 2 is 1.61 bits per heavy atom. The van der Waals surface area contributed by atoms with Crippen molar-refractivity contribution in [1.29, 1.82) is 0 Å². The molecule has 1 aromatic carbocycles. The molecule has 28 heavy (non-hydrogen) atoms. The molecule has 0 aromatic heterocycles. The number of unbranched alkanes of at least 4 members (excludes halogenated alkanes) is 3. The molecule has 0 aliphatic heterocycles. The molecular formula is C24H42N2S2. The molecule has 2 nitrogen and oxygen atoms in total. The lowest BCUT2D eigenvalue weighted by Gasteiger charge is -2.24. The minimum absolute atomic E-state index is 0.0756. The molecule has 1 rings (SSSR count). The van der Waals surface area contributed by atoms with E-state index in [1.54, 1.807) is 0 Å². The maximum Gasteiger partial charge on any atom is 0.124 e. The topological polar surface area (TPSA) is 24.7 Å². The zero-order valence-corrected chi connectivity index (χ0v) is 20.9. The average molecular weight is 423 g/mol. The van der Waals surface area contributed by atoms with Crippen molar-refractivity contribution >= 4 is 23.5 Å². The highest BCUT2D eigenvalue weighted by Crippen LogP contribution is 2.34. The summed E-state index contributed by atoms with van der Waals surface area (Å²) < 4.78 is 0. The van der Waals surface area contributed by atoms with Gasteiger partial charge in [-0.3, -0.25) is 0 Å². The molecule has 0 saturated heterocycles. The number of benzene rings is 1. The summed E-state index contributed by atoms with van der Waals surface area (Å²) >= 11 is 3.93. The van der Waals surface area contributed by atoms with Gasteiger partial charge in [0.25, 0.3) is 0 Å². The third kappa shape index (κ3) is 10.3. The fraction of sp³-hybridized carbons (Fsp3) is 0.750. The van der Waals surface area contributed by atoms with Gasteiger partial charge < -0.3 is 0 Å². The van der Waals surface area contributed by atoms with Crippen LogP contribution in [0.4, 0.5) is 0 Å². The normalized spacial score (nSPS) is 15.7. The van der Waals surface area contributed by atoms with Crippen LogP contribution in [0.25, 0.3) is 0 Å². The van der Waals surface area contributed by atoms with Crippen molar-refractivity contribution in [2.45, 2.75) is 108 Å². The zero-order chi connectivity index (χ0) is 21.0. The third-order valence-electron chi connectivity index (χ3n) is 5.04. The SMILES string of the molecule is CCCCCCC(C)(N=NC(C)CC)SCCSc1ccc(C(C)(C)C)cc1. The largest absolute Gasteiger partial charge is 0.190 e. The lowest BCUT2D eigenvalue weighted by Crippen LogP contribution is -2.18. The minimum atomic E-state index is -0.0756. The van der Waals surface area contributed by atoms with Gasteiger partial charge >= 0.3 is 0 Å². The van der Waals surface area contributed by atoms with Gasteiger partial charge in [-0.2, -0.15) is 10.2 Å². The van der Waals surface area contributed by atoms with Crippen molar-refractivity contribution in [2.24, 2.45) is 10.2 Å². The van der Waals surface area contributed by atoms with Crippen molar-refractivity contribution in [3.05, 3.63) is 29.8 Å². The van der Waals surface area contributed by atoms with E-state index < -0.39 is 0 Å². The first-order valence-corrected chi connectivity index (χ1v) is 13.0. The molecule has 0 N–H and O–H groups in total. The molecule has 0 amide bonds. The van der Waals surface area contributed by atoms with Crippen molar-refractivity contribution < 1.29 is 0 Å². The third-order valence-corrected chi connectivity index (χ3v) is 7.62. The first-order valence-electron chi connectivity index (χ1n) is 11.0. The Kier molecular flexibility index (Phi) is 11.8. The summed E-state index contributed by atoms with van der Waals surface area (Å²) in [6.07, 6.45) is 7.34. The van der Waals surface area contributed by atoms with E-state index in [2.05, 4.69) is 77.8 Å². The summed E-state index contributed by atoms with van der Waals surface area (Å²) in [5.74, 6) is 2.22. The van der Waals surface area contributed by atoms with Crippen molar-refractivity contribution in [2.75, 3.05) is 11.5 Å². The predicted octanol–water partition coefficient (Wildman–Crippen LogP) is 8.75. The summed E-state index contributed by atoms with van der Waals surface area (Å²) in [6, 6.07) is 9.40. The molecule has 0 aliphatic carbocycles. The number of hydrogen-bond acceptors (Lipinski definition) is 4. The van der Waals surface area contributed by atoms with Crippen LogP contribution in [0.1, 0.15) is 92.6 Å². The molecule has 0 radical (unpaired) electrons. The second kappa shape index (κ2) is 13.0. The number of thioether (sulfide) groups is 2. The Morgan fingerprint density at radius 3 is 2.18 bits per heavy atom. The standard InChI is InChI=1S/C24H42N2S2/c1-8-10-11-12-17-24(7,26-25-20(3)9-2)28-19-18-27-22-15-13-21(14-16-22)23(4,5)6/h13-16,20H,8-12,17-19H2,1-7H3. The summed E-state index contributed by atoms with van der Waals surface area (Å²) in [6.45, 7) is 15.7. The van der Waals surface area contributed by atoms with Crippen LogP contribution >= 0.6 is 23.5 Å². The Balaban J connectivity index is 2.53. The van der Waals surface area contributed by atoms with E-state index >= 15 is 0 Å². The number of hydrogen-bond donors (Lipinski definition) is 0. The first kappa shape index (κ1) is 25.6. The average Bonchev–Trinajstić information content (AvgIpc) is 2.66. The van der Waals surface area contributed by atoms with Crippen LogP contribution in [-0.2, 0) is 5.41 Å². The van der Waals surface area contributed by atoms with Gasteiger partial charge in [-0.25, -0.2) is 0 Å². The van der Waals surface area contributed by atoms with Gasteiger partial charge in [0.1, 0.15) is 4.87 Å². The second-order valence-corrected chi connectivity index (χ2v) is 11.7. The molecule has 1 aromatic rings. The maximum absolute atomic E-state index is 4.79. The van der Waals surface area contributed by atoms with Gasteiger partial charge in [0.15, 0.2) is 0 Å². The van der Waals surface area contributed by atoms with Crippen LogP contribution < -0.4 is 0 Å². The molecule has 0 bridgehead atoms. The van der Waals surface area contributed by atoms with Gasteiger partial charge in [-0.05, 0) is 49.8 Å². The highest BCUT2D eigenvalue weighted by atomic mass is 32.2. The Bertz CT molecular complexity index is 563. The highest BCUT2D eigenvalue weighted by Gasteiger charge is 2.24. The summed E-state index contributed by atoms with van der Waals surface area (Å²) in [7, 11) is 0. The number of nitrogens with zero attached hydrogens (tertiary/aromatic N) is 2. The minimum Gasteiger partial charge on any atom is -0.190 e. The molecule has 2 unspecified atom stereocenters. The van der Waals surface area contributed by atoms with Crippen molar-refractivity contribution in [1.82, 2.24) is 0 Å². The van der Waals surface area contributed by atoms with E-state index in [0.717, 1.165) is 24.3 Å². The lowest BCUT2D eigenvalue weighted by molar-refractivity contribution is 0.507. The molecule has 0 fully saturated rings. The van der Waals surface area contributed by atoms with E-state index in [1.807, 2.05) is 23.5 Å². The van der Waals surface area contributed by atoms with E-state index in [9.17, 15) is 0 Å². The van der Waals surface area contributed by atoms with E-state index in [4.69, 9.17) is 5.11 Å². The second-order valence-electron chi connectivity index (χ2n) is 8.93. The molecule has 0 spiro atoms. The fourth-order valence-corrected chi connectivity index (χ4v) is 4.87. The van der Waals surface area contributed by atoms with Crippen LogP contribution in [0.3, 0.4) is 0 Å². The van der Waals surface area contributed by atoms with Gasteiger partial charge in [-0.15, -0.1) is 23.5 Å². The monoisotopic (exact) mass is 422 g/mol. The van der Waals surface area contributed by atoms with Crippen LogP contribution in [0, 0.1) is 0 Å². The summed E-state index contributed by atoms with van der Waals surface area (Å²) in [5.41, 5.74) is 1.62. The number of rotatable bonds is 13. The fourth-order valence-electron chi connectivity index (χ4n) is 2.81. The Labute approximate surface area is 183 Å². The van der Waals surface area contributed by atoms with Crippen LogP contribution in [0.2, 0.25) is 0 Å². The molecule has 0 heterocycles. The number of azo groups is 1. The molecular weight excluding hydrogens is 380 g/mol. The van der Waals surface area contributed by atoms with Crippen molar-refractivity contribution in [3.63, 3.8) is 0 Å². The van der Waals surface area contributed by atoms with E-state index in [1.165, 1.54) is 36.1 Å². The lowest BCUT2D eigenvalue weighted by atomic mass is 9.87. The Morgan fingerprint density at radius 1 is 0.929 bits per heavy atom. The van der Waals surface area contributed by atoms with E-state index in [0.29, 0.717) is 6.04 Å². The molecule has 0 saturated carbocycles. The van der Waals surface area contributed by atoms with Crippen LogP contribution in [-0.4, -0.2) is 22.4 Å². The highest BCUT2D eigenvalue weighted by molar-refractivity contribution is 8.03. The smallest absolute Gasteiger partial charge is 0.124 e.